The van der Waals surface area contributed by atoms with E-state index >= 15 is 0 Å². The number of halogens is 3. The lowest BCUT2D eigenvalue weighted by atomic mass is 10.2. The van der Waals surface area contributed by atoms with E-state index < -0.39 is 11.8 Å². The Kier molecular flexibility index (Phi) is 4.77. The first kappa shape index (κ1) is 18.2. The maximum absolute atomic E-state index is 12.4. The van der Waals surface area contributed by atoms with E-state index in [9.17, 15) is 9.59 Å². The molecule has 1 aromatic heterocycles. The standard InChI is InChI=1S/C17H9Cl3N2O4S/c18-8-4-9(19)13-12(5-8)27-15(14(13)20)17(24)22-21-16(23)7-1-2-10-11(3-7)26-6-25-10/h1-5H,6H2,(H,21,23)(H,22,24). The number of thiophene rings is 1. The van der Waals surface area contributed by atoms with Crippen LogP contribution in [0, 0.1) is 0 Å². The molecule has 0 saturated carbocycles. The highest BCUT2D eigenvalue weighted by Crippen LogP contribution is 2.41. The van der Waals surface area contributed by atoms with E-state index in [1.54, 1.807) is 24.3 Å². The van der Waals surface area contributed by atoms with E-state index in [0.29, 0.717) is 37.2 Å². The molecular formula is C17H9Cl3N2O4S. The van der Waals surface area contributed by atoms with Crippen molar-refractivity contribution in [3.05, 3.63) is 55.8 Å². The Labute approximate surface area is 171 Å². The summed E-state index contributed by atoms with van der Waals surface area (Å²) in [5.74, 6) is -0.0568. The number of ether oxygens (including phenoxy) is 2. The summed E-state index contributed by atoms with van der Waals surface area (Å²) in [6.45, 7) is 0.105. The number of carbonyl (C=O) groups excluding carboxylic acids is 2. The molecule has 4 rings (SSSR count). The molecule has 0 saturated heterocycles. The Balaban J connectivity index is 1.51. The van der Waals surface area contributed by atoms with Gasteiger partial charge in [-0.15, -0.1) is 11.3 Å². The van der Waals surface area contributed by atoms with Crippen LogP contribution in [0.25, 0.3) is 10.1 Å². The van der Waals surface area contributed by atoms with Crippen molar-refractivity contribution >= 4 is 68.0 Å². The number of carbonyl (C=O) groups is 2. The Bertz CT molecular complexity index is 1100. The molecule has 1 aliphatic heterocycles. The minimum Gasteiger partial charge on any atom is -0.454 e. The molecule has 0 fully saturated rings. The maximum atomic E-state index is 12.4. The van der Waals surface area contributed by atoms with Crippen LogP contribution in [-0.2, 0) is 0 Å². The van der Waals surface area contributed by atoms with Crippen LogP contribution in [0.1, 0.15) is 20.0 Å². The van der Waals surface area contributed by atoms with Crippen molar-refractivity contribution in [2.24, 2.45) is 0 Å². The van der Waals surface area contributed by atoms with Crippen molar-refractivity contribution in [2.75, 3.05) is 6.79 Å². The topological polar surface area (TPSA) is 76.7 Å². The first-order valence-electron chi connectivity index (χ1n) is 7.51. The number of rotatable bonds is 2. The van der Waals surface area contributed by atoms with Crippen molar-refractivity contribution in [1.82, 2.24) is 10.9 Å². The van der Waals surface area contributed by atoms with Gasteiger partial charge in [0.15, 0.2) is 11.5 Å². The summed E-state index contributed by atoms with van der Waals surface area (Å²) in [6, 6.07) is 7.92. The number of nitrogens with one attached hydrogen (secondary N) is 2. The Hall–Kier alpha value is -2.19. The van der Waals surface area contributed by atoms with Crippen LogP contribution >= 0.6 is 46.1 Å². The average Bonchev–Trinajstić information content (AvgIpc) is 3.23. The average molecular weight is 444 g/mol. The monoisotopic (exact) mass is 442 g/mol. The molecule has 3 aromatic rings. The summed E-state index contributed by atoms with van der Waals surface area (Å²) in [5, 5.41) is 1.53. The van der Waals surface area contributed by atoms with E-state index in [1.807, 2.05) is 0 Å². The molecule has 10 heteroatoms. The van der Waals surface area contributed by atoms with E-state index in [0.717, 1.165) is 11.3 Å². The van der Waals surface area contributed by atoms with E-state index in [1.165, 1.54) is 6.07 Å². The SMILES string of the molecule is O=C(NNC(=O)c1sc2cc(Cl)cc(Cl)c2c1Cl)c1ccc2c(c1)OCO2. The fourth-order valence-electron chi connectivity index (χ4n) is 2.54. The molecule has 0 atom stereocenters. The molecular weight excluding hydrogens is 435 g/mol. The smallest absolute Gasteiger partial charge is 0.281 e. The van der Waals surface area contributed by atoms with Crippen LogP contribution in [0.4, 0.5) is 0 Å². The number of benzene rings is 2. The lowest BCUT2D eigenvalue weighted by Gasteiger charge is -2.07. The predicted molar refractivity (Wildman–Crippen MR) is 104 cm³/mol. The summed E-state index contributed by atoms with van der Waals surface area (Å²) in [4.78, 5) is 24.9. The minimum atomic E-state index is -0.567. The highest BCUT2D eigenvalue weighted by molar-refractivity contribution is 7.21. The summed E-state index contributed by atoms with van der Waals surface area (Å²) in [7, 11) is 0. The number of hydrazine groups is 1. The number of hydrogen-bond acceptors (Lipinski definition) is 5. The fraction of sp³-hybridized carbons (Fsp3) is 0.0588. The zero-order valence-electron chi connectivity index (χ0n) is 13.3. The Morgan fingerprint density at radius 2 is 1.70 bits per heavy atom. The maximum Gasteiger partial charge on any atom is 0.281 e. The van der Waals surface area contributed by atoms with Crippen LogP contribution < -0.4 is 20.3 Å². The second kappa shape index (κ2) is 7.09. The largest absolute Gasteiger partial charge is 0.454 e. The molecule has 0 unspecified atom stereocenters. The van der Waals surface area contributed by atoms with Gasteiger partial charge in [0.05, 0.1) is 10.0 Å². The third-order valence-electron chi connectivity index (χ3n) is 3.78. The second-order valence-electron chi connectivity index (χ2n) is 5.48. The molecule has 138 valence electrons. The van der Waals surface area contributed by atoms with Crippen LogP contribution in [0.5, 0.6) is 11.5 Å². The lowest BCUT2D eigenvalue weighted by molar-refractivity contribution is 0.0849. The quantitative estimate of drug-likeness (QED) is 0.565. The zero-order valence-corrected chi connectivity index (χ0v) is 16.4. The summed E-state index contributed by atoms with van der Waals surface area (Å²) in [6.07, 6.45) is 0. The predicted octanol–water partition coefficient (Wildman–Crippen LogP) is 4.67. The molecule has 0 radical (unpaired) electrons. The molecule has 2 aromatic carbocycles. The van der Waals surface area contributed by atoms with Gasteiger partial charge in [0.1, 0.15) is 4.88 Å². The second-order valence-corrected chi connectivity index (χ2v) is 7.76. The van der Waals surface area contributed by atoms with Crippen LogP contribution in [-0.4, -0.2) is 18.6 Å². The van der Waals surface area contributed by atoms with Crippen LogP contribution in [0.2, 0.25) is 15.1 Å². The van der Waals surface area contributed by atoms with Gasteiger partial charge in [0.25, 0.3) is 11.8 Å². The van der Waals surface area contributed by atoms with Gasteiger partial charge in [-0.25, -0.2) is 0 Å². The van der Waals surface area contributed by atoms with Crippen LogP contribution in [0.15, 0.2) is 30.3 Å². The summed E-state index contributed by atoms with van der Waals surface area (Å²) < 4.78 is 11.1. The highest BCUT2D eigenvalue weighted by Gasteiger charge is 2.21. The minimum absolute atomic E-state index is 0.105. The first-order chi connectivity index (χ1) is 12.9. The number of hydrogen-bond donors (Lipinski definition) is 2. The van der Waals surface area contributed by atoms with Gasteiger partial charge >= 0.3 is 0 Å². The van der Waals surface area contributed by atoms with Gasteiger partial charge in [-0.05, 0) is 30.3 Å². The normalized spacial score (nSPS) is 12.3. The molecule has 2 amide bonds. The van der Waals surface area contributed by atoms with Gasteiger partial charge in [-0.3, -0.25) is 20.4 Å². The van der Waals surface area contributed by atoms with Crippen molar-refractivity contribution < 1.29 is 19.1 Å². The van der Waals surface area contributed by atoms with Crippen molar-refractivity contribution in [3.63, 3.8) is 0 Å². The van der Waals surface area contributed by atoms with E-state index in [2.05, 4.69) is 10.9 Å². The van der Waals surface area contributed by atoms with E-state index in [4.69, 9.17) is 44.3 Å². The molecule has 2 N–H and O–H groups in total. The molecule has 0 bridgehead atoms. The van der Waals surface area contributed by atoms with Gasteiger partial charge in [0.2, 0.25) is 6.79 Å². The number of amides is 2. The molecule has 0 spiro atoms. The van der Waals surface area contributed by atoms with E-state index in [-0.39, 0.29) is 16.7 Å². The zero-order chi connectivity index (χ0) is 19.1. The van der Waals surface area contributed by atoms with Crippen molar-refractivity contribution in [3.8, 4) is 11.5 Å². The number of fused-ring (bicyclic) bond motifs is 2. The van der Waals surface area contributed by atoms with Crippen molar-refractivity contribution in [1.29, 1.82) is 0 Å². The van der Waals surface area contributed by atoms with Crippen LogP contribution in [0.3, 0.4) is 0 Å². The first-order valence-corrected chi connectivity index (χ1v) is 9.46. The summed E-state index contributed by atoms with van der Waals surface area (Å²) in [5.41, 5.74) is 4.98. The Morgan fingerprint density at radius 1 is 0.963 bits per heavy atom. The molecule has 0 aliphatic carbocycles. The van der Waals surface area contributed by atoms with Gasteiger partial charge in [-0.1, -0.05) is 34.8 Å². The third-order valence-corrected chi connectivity index (χ3v) is 5.92. The van der Waals surface area contributed by atoms with Gasteiger partial charge < -0.3 is 9.47 Å². The lowest BCUT2D eigenvalue weighted by Crippen LogP contribution is -2.41. The molecule has 1 aliphatic rings. The molecule has 6 nitrogen and oxygen atoms in total. The third kappa shape index (κ3) is 3.39. The fourth-order valence-corrected chi connectivity index (χ4v) is 4.81. The highest BCUT2D eigenvalue weighted by atomic mass is 35.5. The van der Waals surface area contributed by atoms with Gasteiger partial charge in [0, 0.05) is 20.7 Å². The molecule has 2 heterocycles. The van der Waals surface area contributed by atoms with Gasteiger partial charge in [-0.2, -0.15) is 0 Å². The molecule has 27 heavy (non-hydrogen) atoms. The summed E-state index contributed by atoms with van der Waals surface area (Å²) >= 11 is 19.5. The van der Waals surface area contributed by atoms with Crippen molar-refractivity contribution in [2.45, 2.75) is 0 Å². The Morgan fingerprint density at radius 3 is 2.52 bits per heavy atom.